The minimum Gasteiger partial charge on any atom is -0.465 e. The molecule has 4 heteroatoms. The van der Waals surface area contributed by atoms with Crippen molar-refractivity contribution in [2.24, 2.45) is 0 Å². The molecule has 0 N–H and O–H groups in total. The maximum Gasteiger partial charge on any atom is 0.339 e. The Labute approximate surface area is 114 Å². The lowest BCUT2D eigenvalue weighted by Crippen LogP contribution is -2.38. The van der Waals surface area contributed by atoms with Gasteiger partial charge in [0.2, 0.25) is 0 Å². The molecule has 1 unspecified atom stereocenters. The van der Waals surface area contributed by atoms with Crippen LogP contribution in [-0.2, 0) is 11.3 Å². The molecule has 1 atom stereocenters. The van der Waals surface area contributed by atoms with Crippen LogP contribution in [0.25, 0.3) is 0 Å². The summed E-state index contributed by atoms with van der Waals surface area (Å²) in [5, 5.41) is 0. The minimum atomic E-state index is -0.330. The Morgan fingerprint density at radius 1 is 1.47 bits per heavy atom. The number of ether oxygens (including phenoxy) is 1. The van der Waals surface area contributed by atoms with Crippen molar-refractivity contribution in [3.05, 3.63) is 29.6 Å². The first-order valence-electron chi connectivity index (χ1n) is 7.02. The summed E-state index contributed by atoms with van der Waals surface area (Å²) >= 11 is 0. The average Bonchev–Trinajstić information content (AvgIpc) is 2.48. The first-order chi connectivity index (χ1) is 9.24. The van der Waals surface area contributed by atoms with Crippen LogP contribution in [0, 0.1) is 0 Å². The summed E-state index contributed by atoms with van der Waals surface area (Å²) in [5.41, 5.74) is 1.53. The van der Waals surface area contributed by atoms with Gasteiger partial charge in [0, 0.05) is 18.8 Å². The number of piperidine rings is 1. The van der Waals surface area contributed by atoms with Gasteiger partial charge in [0.25, 0.3) is 0 Å². The molecular weight excluding hydrogens is 240 g/mol. The second-order valence-corrected chi connectivity index (χ2v) is 5.06. The highest BCUT2D eigenvalue weighted by Gasteiger charge is 2.21. The first-order valence-corrected chi connectivity index (χ1v) is 7.02. The zero-order valence-electron chi connectivity index (χ0n) is 11.8. The van der Waals surface area contributed by atoms with Crippen LogP contribution in [0.3, 0.4) is 0 Å². The van der Waals surface area contributed by atoms with E-state index in [1.54, 1.807) is 12.3 Å². The topological polar surface area (TPSA) is 42.4 Å². The van der Waals surface area contributed by atoms with Crippen molar-refractivity contribution in [1.29, 1.82) is 0 Å². The van der Waals surface area contributed by atoms with Gasteiger partial charge in [-0.15, -0.1) is 0 Å². The van der Waals surface area contributed by atoms with Gasteiger partial charge in [-0.05, 0) is 37.9 Å². The molecule has 1 fully saturated rings. The highest BCUT2D eigenvalue weighted by atomic mass is 16.5. The molecule has 19 heavy (non-hydrogen) atoms. The van der Waals surface area contributed by atoms with Gasteiger partial charge in [0.1, 0.15) is 0 Å². The molecule has 4 nitrogen and oxygen atoms in total. The maximum absolute atomic E-state index is 11.3. The molecule has 1 aromatic rings. The lowest BCUT2D eigenvalue weighted by molar-refractivity contribution is 0.0600. The van der Waals surface area contributed by atoms with E-state index in [2.05, 4.69) is 21.5 Å². The third kappa shape index (κ3) is 3.53. The molecule has 0 aliphatic carbocycles. The number of hydrogen-bond acceptors (Lipinski definition) is 4. The average molecular weight is 262 g/mol. The zero-order chi connectivity index (χ0) is 13.7. The number of pyridine rings is 1. The summed E-state index contributed by atoms with van der Waals surface area (Å²) < 4.78 is 4.67. The Kier molecular flexibility index (Phi) is 4.91. The van der Waals surface area contributed by atoms with E-state index in [0.717, 1.165) is 18.8 Å². The number of nitrogens with zero attached hydrogens (tertiary/aromatic N) is 2. The van der Waals surface area contributed by atoms with Gasteiger partial charge in [-0.25, -0.2) is 4.79 Å². The van der Waals surface area contributed by atoms with Crippen LogP contribution in [0.1, 0.15) is 48.7 Å². The number of methoxy groups -OCH3 is 1. The zero-order valence-corrected chi connectivity index (χ0v) is 11.8. The highest BCUT2D eigenvalue weighted by Crippen LogP contribution is 2.21. The van der Waals surface area contributed by atoms with E-state index < -0.39 is 0 Å². The van der Waals surface area contributed by atoms with Crippen LogP contribution in [0.15, 0.2) is 18.3 Å². The number of rotatable bonds is 4. The Morgan fingerprint density at radius 3 is 2.95 bits per heavy atom. The van der Waals surface area contributed by atoms with Crippen molar-refractivity contribution < 1.29 is 9.53 Å². The molecule has 104 valence electrons. The fourth-order valence-corrected chi connectivity index (χ4v) is 2.70. The second-order valence-electron chi connectivity index (χ2n) is 5.06. The molecule has 0 amide bonds. The van der Waals surface area contributed by atoms with Crippen molar-refractivity contribution in [3.8, 4) is 0 Å². The van der Waals surface area contributed by atoms with Gasteiger partial charge in [-0.2, -0.15) is 0 Å². The van der Waals surface area contributed by atoms with Crippen LogP contribution in [0.4, 0.5) is 0 Å². The summed E-state index contributed by atoms with van der Waals surface area (Å²) in [4.78, 5) is 18.2. The molecule has 1 aliphatic rings. The molecule has 2 rings (SSSR count). The second kappa shape index (κ2) is 6.66. The number of esters is 1. The molecule has 1 aliphatic heterocycles. The Hall–Kier alpha value is -1.42. The van der Waals surface area contributed by atoms with Crippen LogP contribution >= 0.6 is 0 Å². The number of hydrogen-bond donors (Lipinski definition) is 0. The quantitative estimate of drug-likeness (QED) is 0.782. The largest absolute Gasteiger partial charge is 0.465 e. The van der Waals surface area contributed by atoms with Crippen molar-refractivity contribution >= 4 is 5.97 Å². The normalized spacial score (nSPS) is 20.2. The number of carbonyl (C=O) groups is 1. The van der Waals surface area contributed by atoms with Crippen molar-refractivity contribution in [3.63, 3.8) is 0 Å². The van der Waals surface area contributed by atoms with Gasteiger partial charge in [-0.1, -0.05) is 13.3 Å². The number of aromatic nitrogens is 1. The summed E-state index contributed by atoms with van der Waals surface area (Å²) in [6.45, 7) is 4.27. The summed E-state index contributed by atoms with van der Waals surface area (Å²) in [5.74, 6) is -0.330. The van der Waals surface area contributed by atoms with E-state index in [1.165, 1.54) is 32.8 Å². The molecule has 0 bridgehead atoms. The summed E-state index contributed by atoms with van der Waals surface area (Å²) in [7, 11) is 1.38. The number of carbonyl (C=O) groups excluding carboxylic acids is 1. The lowest BCUT2D eigenvalue weighted by Gasteiger charge is -2.34. The predicted molar refractivity (Wildman–Crippen MR) is 73.9 cm³/mol. The lowest BCUT2D eigenvalue weighted by atomic mass is 10.00. The van der Waals surface area contributed by atoms with Crippen molar-refractivity contribution in [1.82, 2.24) is 9.88 Å². The van der Waals surface area contributed by atoms with Crippen molar-refractivity contribution in [2.45, 2.75) is 45.2 Å². The highest BCUT2D eigenvalue weighted by molar-refractivity contribution is 5.88. The van der Waals surface area contributed by atoms with E-state index in [0.29, 0.717) is 11.6 Å². The van der Waals surface area contributed by atoms with Gasteiger partial charge < -0.3 is 4.74 Å². The molecule has 0 aromatic carbocycles. The Morgan fingerprint density at radius 2 is 2.32 bits per heavy atom. The molecule has 0 spiro atoms. The molecule has 0 radical (unpaired) electrons. The number of likely N-dealkylation sites (tertiary alicyclic amines) is 1. The van der Waals surface area contributed by atoms with Gasteiger partial charge >= 0.3 is 5.97 Å². The minimum absolute atomic E-state index is 0.330. The van der Waals surface area contributed by atoms with E-state index in [1.807, 2.05) is 6.07 Å². The van der Waals surface area contributed by atoms with E-state index >= 15 is 0 Å². The van der Waals surface area contributed by atoms with Crippen LogP contribution in [-0.4, -0.2) is 35.5 Å². The molecule has 1 aromatic heterocycles. The third-order valence-corrected chi connectivity index (χ3v) is 3.83. The Balaban J connectivity index is 2.00. The molecule has 1 saturated heterocycles. The van der Waals surface area contributed by atoms with Crippen LogP contribution in [0.5, 0.6) is 0 Å². The van der Waals surface area contributed by atoms with Gasteiger partial charge in [0.15, 0.2) is 0 Å². The fourth-order valence-electron chi connectivity index (χ4n) is 2.70. The summed E-state index contributed by atoms with van der Waals surface area (Å²) in [6, 6.07) is 4.39. The predicted octanol–water partition coefficient (Wildman–Crippen LogP) is 2.63. The third-order valence-electron chi connectivity index (χ3n) is 3.83. The molecule has 0 saturated carbocycles. The van der Waals surface area contributed by atoms with Crippen molar-refractivity contribution in [2.75, 3.05) is 13.7 Å². The fraction of sp³-hybridized carbons (Fsp3) is 0.600. The van der Waals surface area contributed by atoms with Gasteiger partial charge in [-0.3, -0.25) is 9.88 Å². The van der Waals surface area contributed by atoms with Crippen LogP contribution < -0.4 is 0 Å². The smallest absolute Gasteiger partial charge is 0.339 e. The van der Waals surface area contributed by atoms with E-state index in [4.69, 9.17) is 0 Å². The van der Waals surface area contributed by atoms with E-state index in [9.17, 15) is 4.79 Å². The van der Waals surface area contributed by atoms with Crippen LogP contribution in [0.2, 0.25) is 0 Å². The SMILES string of the molecule is CCC1CCCCN1Cc1ccc(C(=O)OC)cn1. The first kappa shape index (κ1) is 14.0. The maximum atomic E-state index is 11.3. The Bertz CT molecular complexity index is 417. The molecular formula is C15H22N2O2. The standard InChI is InChI=1S/C15H22N2O2/c1-3-14-6-4-5-9-17(14)11-13-8-7-12(10-16-13)15(18)19-2/h7-8,10,14H,3-6,9,11H2,1-2H3. The van der Waals surface area contributed by atoms with E-state index in [-0.39, 0.29) is 5.97 Å². The van der Waals surface area contributed by atoms with Gasteiger partial charge in [0.05, 0.1) is 18.4 Å². The summed E-state index contributed by atoms with van der Waals surface area (Å²) in [6.07, 6.45) is 6.70. The molecule has 2 heterocycles. The monoisotopic (exact) mass is 262 g/mol.